The maximum absolute atomic E-state index is 11.7. The third-order valence-electron chi connectivity index (χ3n) is 3.02. The second-order valence-electron chi connectivity index (χ2n) is 4.54. The number of carbonyl (C=O) groups excluding carboxylic acids is 1. The maximum atomic E-state index is 11.7. The third-order valence-corrected chi connectivity index (χ3v) is 3.02. The van der Waals surface area contributed by atoms with Crippen LogP contribution in [0.2, 0.25) is 0 Å². The average molecular weight is 264 g/mol. The highest BCUT2D eigenvalue weighted by atomic mass is 16.6. The first-order valence-corrected chi connectivity index (χ1v) is 5.71. The predicted octanol–water partition coefficient (Wildman–Crippen LogP) is 0.871. The van der Waals surface area contributed by atoms with Gasteiger partial charge in [-0.2, -0.15) is 0 Å². The lowest BCUT2D eigenvalue weighted by atomic mass is 10.1. The summed E-state index contributed by atoms with van der Waals surface area (Å²) in [4.78, 5) is 32.7. The fourth-order valence-corrected chi connectivity index (χ4v) is 1.79. The Bertz CT molecular complexity index is 551. The smallest absolute Gasteiger partial charge is 0.329 e. The Balaban J connectivity index is 2.01. The molecule has 1 saturated carbocycles. The van der Waals surface area contributed by atoms with Crippen LogP contribution in [-0.2, 0) is 16.0 Å². The number of rotatable bonds is 5. The standard InChI is InChI=1S/C12H12N2O5/c15-10(13-12(4-5-12)11(16)17)7-8-2-1-3-9(6-8)14(18)19/h1-3,6H,4-5,7H2,(H,13,15)(H,16,17). The average Bonchev–Trinajstić information content (AvgIpc) is 3.10. The van der Waals surface area contributed by atoms with Crippen LogP contribution in [0, 0.1) is 10.1 Å². The van der Waals surface area contributed by atoms with Crippen LogP contribution in [0.4, 0.5) is 5.69 Å². The van der Waals surface area contributed by atoms with Crippen LogP contribution in [-0.4, -0.2) is 27.4 Å². The topological polar surface area (TPSA) is 110 Å². The number of nitrogens with one attached hydrogen (secondary N) is 1. The lowest BCUT2D eigenvalue weighted by Gasteiger charge is -2.12. The van der Waals surface area contributed by atoms with Gasteiger partial charge in [0, 0.05) is 12.1 Å². The van der Waals surface area contributed by atoms with E-state index in [1.165, 1.54) is 18.2 Å². The molecular formula is C12H12N2O5. The molecule has 0 spiro atoms. The minimum Gasteiger partial charge on any atom is -0.480 e. The molecule has 1 aromatic carbocycles. The van der Waals surface area contributed by atoms with E-state index in [0.717, 1.165) is 0 Å². The van der Waals surface area contributed by atoms with Gasteiger partial charge >= 0.3 is 5.97 Å². The van der Waals surface area contributed by atoms with Gasteiger partial charge in [-0.3, -0.25) is 14.9 Å². The highest BCUT2D eigenvalue weighted by molar-refractivity contribution is 5.90. The Morgan fingerprint density at radius 3 is 2.63 bits per heavy atom. The molecule has 1 fully saturated rings. The highest BCUT2D eigenvalue weighted by Crippen LogP contribution is 2.35. The maximum Gasteiger partial charge on any atom is 0.329 e. The van der Waals surface area contributed by atoms with Crippen molar-refractivity contribution in [1.29, 1.82) is 0 Å². The quantitative estimate of drug-likeness (QED) is 0.605. The summed E-state index contributed by atoms with van der Waals surface area (Å²) in [5.74, 6) is -1.49. The Labute approximate surface area is 108 Å². The van der Waals surface area contributed by atoms with Gasteiger partial charge in [-0.1, -0.05) is 12.1 Å². The van der Waals surface area contributed by atoms with Crippen molar-refractivity contribution in [3.8, 4) is 0 Å². The summed E-state index contributed by atoms with van der Waals surface area (Å²) in [7, 11) is 0. The molecule has 0 bridgehead atoms. The van der Waals surface area contributed by atoms with Crippen LogP contribution in [0.1, 0.15) is 18.4 Å². The summed E-state index contributed by atoms with van der Waals surface area (Å²) in [5.41, 5.74) is -0.741. The minimum atomic E-state index is -1.13. The van der Waals surface area contributed by atoms with Gasteiger partial charge in [0.05, 0.1) is 11.3 Å². The summed E-state index contributed by atoms with van der Waals surface area (Å²) < 4.78 is 0. The van der Waals surface area contributed by atoms with Gasteiger partial charge in [-0.25, -0.2) is 4.79 Å². The number of amides is 1. The molecule has 0 radical (unpaired) electrons. The van der Waals surface area contributed by atoms with E-state index >= 15 is 0 Å². The van der Waals surface area contributed by atoms with Gasteiger partial charge in [0.25, 0.3) is 5.69 Å². The first-order valence-electron chi connectivity index (χ1n) is 5.71. The van der Waals surface area contributed by atoms with E-state index in [1.807, 2.05) is 0 Å². The largest absolute Gasteiger partial charge is 0.480 e. The Kier molecular flexibility index (Phi) is 3.20. The first kappa shape index (κ1) is 13.0. The molecule has 100 valence electrons. The van der Waals surface area contributed by atoms with Crippen molar-refractivity contribution < 1.29 is 19.6 Å². The van der Waals surface area contributed by atoms with Gasteiger partial charge in [-0.15, -0.1) is 0 Å². The van der Waals surface area contributed by atoms with Gasteiger partial charge < -0.3 is 10.4 Å². The summed E-state index contributed by atoms with van der Waals surface area (Å²) in [6, 6.07) is 5.72. The number of nitro benzene ring substituents is 1. The summed E-state index contributed by atoms with van der Waals surface area (Å²) in [5, 5.41) is 22.0. The molecule has 0 aromatic heterocycles. The van der Waals surface area contributed by atoms with Crippen LogP contribution in [0.3, 0.4) is 0 Å². The zero-order chi connectivity index (χ0) is 14.0. The Morgan fingerprint density at radius 1 is 1.42 bits per heavy atom. The normalized spacial score (nSPS) is 15.6. The molecule has 7 nitrogen and oxygen atoms in total. The molecule has 0 unspecified atom stereocenters. The Hall–Kier alpha value is -2.44. The second kappa shape index (κ2) is 4.68. The number of nitrogens with zero attached hydrogens (tertiary/aromatic N) is 1. The summed E-state index contributed by atoms with van der Waals surface area (Å²) >= 11 is 0. The molecule has 2 N–H and O–H groups in total. The number of aliphatic carboxylic acids is 1. The number of benzene rings is 1. The van der Waals surface area contributed by atoms with Crippen LogP contribution in [0.25, 0.3) is 0 Å². The molecule has 7 heteroatoms. The fourth-order valence-electron chi connectivity index (χ4n) is 1.79. The van der Waals surface area contributed by atoms with E-state index in [2.05, 4.69) is 5.32 Å². The monoisotopic (exact) mass is 264 g/mol. The molecule has 0 saturated heterocycles. The number of non-ortho nitro benzene ring substituents is 1. The zero-order valence-electron chi connectivity index (χ0n) is 9.96. The summed E-state index contributed by atoms with van der Waals surface area (Å²) in [6.45, 7) is 0. The molecule has 0 heterocycles. The molecule has 2 rings (SSSR count). The van der Waals surface area contributed by atoms with Crippen LogP contribution >= 0.6 is 0 Å². The number of hydrogen-bond donors (Lipinski definition) is 2. The van der Waals surface area contributed by atoms with Crippen molar-refractivity contribution >= 4 is 17.6 Å². The summed E-state index contributed by atoms with van der Waals surface area (Å²) in [6.07, 6.45) is 0.767. The molecule has 0 aliphatic heterocycles. The van der Waals surface area contributed by atoms with E-state index in [4.69, 9.17) is 5.11 Å². The minimum absolute atomic E-state index is 0.0727. The number of carboxylic acid groups (broad SMARTS) is 1. The number of carbonyl (C=O) groups is 2. The lowest BCUT2D eigenvalue weighted by Crippen LogP contribution is -2.43. The Morgan fingerprint density at radius 2 is 2.11 bits per heavy atom. The van der Waals surface area contributed by atoms with Crippen molar-refractivity contribution in [2.75, 3.05) is 0 Å². The fraction of sp³-hybridized carbons (Fsp3) is 0.333. The second-order valence-corrected chi connectivity index (χ2v) is 4.54. The lowest BCUT2D eigenvalue weighted by molar-refractivity contribution is -0.384. The van der Waals surface area contributed by atoms with E-state index in [9.17, 15) is 19.7 Å². The highest BCUT2D eigenvalue weighted by Gasteiger charge is 2.51. The van der Waals surface area contributed by atoms with Crippen molar-refractivity contribution in [3.05, 3.63) is 39.9 Å². The van der Waals surface area contributed by atoms with Crippen molar-refractivity contribution in [3.63, 3.8) is 0 Å². The van der Waals surface area contributed by atoms with Gasteiger partial charge in [-0.05, 0) is 18.4 Å². The van der Waals surface area contributed by atoms with E-state index < -0.39 is 22.3 Å². The predicted molar refractivity (Wildman–Crippen MR) is 64.5 cm³/mol. The zero-order valence-corrected chi connectivity index (χ0v) is 9.96. The number of nitro groups is 1. The first-order chi connectivity index (χ1) is 8.93. The molecule has 1 aromatic rings. The van der Waals surface area contributed by atoms with Crippen LogP contribution in [0.5, 0.6) is 0 Å². The third kappa shape index (κ3) is 2.87. The molecule has 0 atom stereocenters. The van der Waals surface area contributed by atoms with Crippen LogP contribution in [0.15, 0.2) is 24.3 Å². The molecule has 1 aliphatic carbocycles. The molecular weight excluding hydrogens is 252 g/mol. The molecule has 19 heavy (non-hydrogen) atoms. The van der Waals surface area contributed by atoms with Gasteiger partial charge in [0.2, 0.25) is 5.91 Å². The van der Waals surface area contributed by atoms with Crippen molar-refractivity contribution in [1.82, 2.24) is 5.32 Å². The van der Waals surface area contributed by atoms with E-state index in [-0.39, 0.29) is 12.1 Å². The SMILES string of the molecule is O=C(Cc1cccc([N+](=O)[O-])c1)NC1(C(=O)O)CC1. The van der Waals surface area contributed by atoms with E-state index in [1.54, 1.807) is 6.07 Å². The van der Waals surface area contributed by atoms with Gasteiger partial charge in [0.15, 0.2) is 0 Å². The molecule has 1 aliphatic rings. The number of carboxylic acids is 1. The van der Waals surface area contributed by atoms with Gasteiger partial charge in [0.1, 0.15) is 5.54 Å². The molecule has 1 amide bonds. The van der Waals surface area contributed by atoms with Crippen LogP contribution < -0.4 is 5.32 Å². The van der Waals surface area contributed by atoms with E-state index in [0.29, 0.717) is 18.4 Å². The van der Waals surface area contributed by atoms with Crippen molar-refractivity contribution in [2.45, 2.75) is 24.8 Å². The van der Waals surface area contributed by atoms with Crippen molar-refractivity contribution in [2.24, 2.45) is 0 Å². The number of hydrogen-bond acceptors (Lipinski definition) is 4.